The second kappa shape index (κ2) is 6.23. The number of halogens is 5. The molecular formula is C12H11ClF4O2. The van der Waals surface area contributed by atoms with Gasteiger partial charge in [-0.15, -0.1) is 11.6 Å². The first-order valence-electron chi connectivity index (χ1n) is 5.41. The number of benzene rings is 1. The van der Waals surface area contributed by atoms with Gasteiger partial charge in [0, 0.05) is 5.56 Å². The predicted molar refractivity (Wildman–Crippen MR) is 62.3 cm³/mol. The summed E-state index contributed by atoms with van der Waals surface area (Å²) in [5.74, 6) is -0.819. The maximum absolute atomic E-state index is 12.6. The highest BCUT2D eigenvalue weighted by atomic mass is 35.5. The predicted octanol–water partition coefficient (Wildman–Crippen LogP) is 4.12. The molecule has 0 spiro atoms. The summed E-state index contributed by atoms with van der Waals surface area (Å²) in [6, 6.07) is 4.43. The third-order valence-corrected chi connectivity index (χ3v) is 2.80. The Hall–Kier alpha value is -1.30. The van der Waals surface area contributed by atoms with Crippen LogP contribution in [0.2, 0.25) is 0 Å². The smallest absolute Gasteiger partial charge is 0.428 e. The average Bonchev–Trinajstić information content (AvgIpc) is 2.37. The van der Waals surface area contributed by atoms with Crippen LogP contribution in [0.4, 0.5) is 17.6 Å². The van der Waals surface area contributed by atoms with Crippen LogP contribution in [0.1, 0.15) is 23.7 Å². The van der Waals surface area contributed by atoms with E-state index in [9.17, 15) is 22.4 Å². The number of hydrogen-bond acceptors (Lipinski definition) is 2. The summed E-state index contributed by atoms with van der Waals surface area (Å²) in [4.78, 5) is 11.6. The van der Waals surface area contributed by atoms with Crippen molar-refractivity contribution in [2.75, 3.05) is 0 Å². The average molecular weight is 299 g/mol. The quantitative estimate of drug-likeness (QED) is 0.448. The van der Waals surface area contributed by atoms with Gasteiger partial charge >= 0.3 is 12.5 Å². The summed E-state index contributed by atoms with van der Waals surface area (Å²) in [5.41, 5.74) is 0.203. The monoisotopic (exact) mass is 298 g/mol. The maximum Gasteiger partial charge on any atom is 0.461 e. The van der Waals surface area contributed by atoms with Crippen molar-refractivity contribution >= 4 is 17.4 Å². The minimum absolute atomic E-state index is 0.203. The highest BCUT2D eigenvalue weighted by Crippen LogP contribution is 2.27. The van der Waals surface area contributed by atoms with Crippen LogP contribution in [0.5, 0.6) is 5.75 Å². The van der Waals surface area contributed by atoms with Gasteiger partial charge < -0.3 is 4.74 Å². The molecule has 7 heteroatoms. The van der Waals surface area contributed by atoms with Crippen LogP contribution in [0.25, 0.3) is 0 Å². The Kier molecular flexibility index (Phi) is 5.17. The Morgan fingerprint density at radius 2 is 1.84 bits per heavy atom. The summed E-state index contributed by atoms with van der Waals surface area (Å²) in [6.07, 6.45) is -8.08. The Balaban J connectivity index is 2.80. The van der Waals surface area contributed by atoms with Gasteiger partial charge in [-0.2, -0.15) is 17.6 Å². The van der Waals surface area contributed by atoms with Crippen molar-refractivity contribution in [1.29, 1.82) is 0 Å². The lowest BCUT2D eigenvalue weighted by molar-refractivity contribution is -0.253. The number of carbonyl (C=O) groups is 1. The van der Waals surface area contributed by atoms with E-state index in [0.29, 0.717) is 6.42 Å². The summed E-state index contributed by atoms with van der Waals surface area (Å²) >= 11 is 5.74. The zero-order valence-electron chi connectivity index (χ0n) is 9.88. The Morgan fingerprint density at radius 3 is 2.26 bits per heavy atom. The fourth-order valence-electron chi connectivity index (χ4n) is 1.26. The van der Waals surface area contributed by atoms with Crippen LogP contribution in [-0.2, 0) is 0 Å². The normalized spacial score (nSPS) is 13.4. The van der Waals surface area contributed by atoms with Gasteiger partial charge in [0.1, 0.15) is 5.75 Å². The van der Waals surface area contributed by atoms with Crippen LogP contribution in [0.3, 0.4) is 0 Å². The Bertz CT molecular complexity index is 434. The van der Waals surface area contributed by atoms with Crippen molar-refractivity contribution in [3.05, 3.63) is 29.8 Å². The lowest BCUT2D eigenvalue weighted by atomic mass is 10.1. The molecule has 19 heavy (non-hydrogen) atoms. The highest BCUT2D eigenvalue weighted by Gasteiger charge is 2.43. The number of Topliss-reactive ketones (excluding diaryl/α,β-unsaturated/α-hetero) is 1. The van der Waals surface area contributed by atoms with Crippen molar-refractivity contribution in [2.45, 2.75) is 31.3 Å². The molecule has 0 radical (unpaired) electrons. The van der Waals surface area contributed by atoms with Crippen LogP contribution in [-0.4, -0.2) is 23.7 Å². The molecule has 0 N–H and O–H groups in total. The van der Waals surface area contributed by atoms with Gasteiger partial charge in [0.2, 0.25) is 0 Å². The standard InChI is InChI=1S/C12H11ClF4O2/c1-2-9(13)10(18)7-3-5-8(6-4-7)19-12(16,17)11(14)15/h3-6,9,11H,2H2,1H3. The van der Waals surface area contributed by atoms with E-state index in [-0.39, 0.29) is 11.3 Å². The fraction of sp³-hybridized carbons (Fsp3) is 0.417. The molecule has 0 heterocycles. The zero-order chi connectivity index (χ0) is 14.6. The fourth-order valence-corrected chi connectivity index (χ4v) is 1.38. The molecule has 0 aromatic heterocycles. The third-order valence-electron chi connectivity index (χ3n) is 2.29. The summed E-state index contributed by atoms with van der Waals surface area (Å²) < 4.78 is 52.9. The molecule has 2 nitrogen and oxygen atoms in total. The molecule has 0 fully saturated rings. The lowest BCUT2D eigenvalue weighted by Gasteiger charge is -2.16. The zero-order valence-corrected chi connectivity index (χ0v) is 10.6. The molecule has 106 valence electrons. The van der Waals surface area contributed by atoms with Gasteiger partial charge in [-0.1, -0.05) is 6.92 Å². The highest BCUT2D eigenvalue weighted by molar-refractivity contribution is 6.33. The number of alkyl halides is 5. The minimum atomic E-state index is -4.57. The van der Waals surface area contributed by atoms with Crippen molar-refractivity contribution in [2.24, 2.45) is 0 Å². The van der Waals surface area contributed by atoms with Crippen LogP contribution in [0, 0.1) is 0 Å². The van der Waals surface area contributed by atoms with E-state index in [1.807, 2.05) is 0 Å². The van der Waals surface area contributed by atoms with Gasteiger partial charge in [-0.05, 0) is 30.7 Å². The molecule has 1 aromatic carbocycles. The molecule has 0 aliphatic heterocycles. The van der Waals surface area contributed by atoms with E-state index in [4.69, 9.17) is 11.6 Å². The molecule has 0 aliphatic carbocycles. The molecule has 0 amide bonds. The minimum Gasteiger partial charge on any atom is -0.428 e. The molecule has 1 rings (SSSR count). The van der Waals surface area contributed by atoms with Crippen molar-refractivity contribution in [3.8, 4) is 5.75 Å². The van der Waals surface area contributed by atoms with Crippen LogP contribution in [0.15, 0.2) is 24.3 Å². The number of rotatable bonds is 6. The van der Waals surface area contributed by atoms with E-state index < -0.39 is 23.7 Å². The van der Waals surface area contributed by atoms with Crippen molar-refractivity contribution < 1.29 is 27.1 Å². The third kappa shape index (κ3) is 4.09. The first-order valence-corrected chi connectivity index (χ1v) is 5.85. The molecular weight excluding hydrogens is 288 g/mol. The lowest BCUT2D eigenvalue weighted by Crippen LogP contribution is -2.33. The van der Waals surface area contributed by atoms with E-state index in [2.05, 4.69) is 4.74 Å². The van der Waals surface area contributed by atoms with Crippen molar-refractivity contribution in [3.63, 3.8) is 0 Å². The number of hydrogen-bond donors (Lipinski definition) is 0. The molecule has 1 unspecified atom stereocenters. The SMILES string of the molecule is CCC(Cl)C(=O)c1ccc(OC(F)(F)C(F)F)cc1. The molecule has 1 aromatic rings. The molecule has 0 saturated heterocycles. The largest absolute Gasteiger partial charge is 0.461 e. The maximum atomic E-state index is 12.6. The summed E-state index contributed by atoms with van der Waals surface area (Å²) in [5, 5.41) is -0.714. The molecule has 0 aliphatic rings. The van der Waals surface area contributed by atoms with E-state index in [0.717, 1.165) is 12.1 Å². The van der Waals surface area contributed by atoms with Crippen LogP contribution < -0.4 is 4.74 Å². The molecule has 0 bridgehead atoms. The topological polar surface area (TPSA) is 26.3 Å². The molecule has 0 saturated carbocycles. The van der Waals surface area contributed by atoms with Gasteiger partial charge in [0.25, 0.3) is 0 Å². The summed E-state index contributed by atoms with van der Waals surface area (Å²) in [7, 11) is 0. The van der Waals surface area contributed by atoms with E-state index >= 15 is 0 Å². The number of ether oxygens (including phenoxy) is 1. The van der Waals surface area contributed by atoms with Crippen molar-refractivity contribution in [1.82, 2.24) is 0 Å². The second-order valence-corrected chi connectivity index (χ2v) is 4.26. The second-order valence-electron chi connectivity index (χ2n) is 3.73. The number of ketones is 1. The van der Waals surface area contributed by atoms with E-state index in [1.54, 1.807) is 6.92 Å². The first-order chi connectivity index (χ1) is 8.77. The van der Waals surface area contributed by atoms with Crippen LogP contribution >= 0.6 is 11.6 Å². The Morgan fingerprint density at radius 1 is 1.32 bits per heavy atom. The molecule has 1 atom stereocenters. The van der Waals surface area contributed by atoms with Gasteiger partial charge in [0.05, 0.1) is 5.38 Å². The van der Waals surface area contributed by atoms with E-state index in [1.165, 1.54) is 12.1 Å². The Labute approximate surface area is 112 Å². The van der Waals surface area contributed by atoms with Gasteiger partial charge in [0.15, 0.2) is 5.78 Å². The van der Waals surface area contributed by atoms with Gasteiger partial charge in [-0.3, -0.25) is 4.79 Å². The number of carbonyl (C=O) groups excluding carboxylic acids is 1. The first kappa shape index (κ1) is 15.8. The van der Waals surface area contributed by atoms with Gasteiger partial charge in [-0.25, -0.2) is 0 Å². The summed E-state index contributed by atoms with van der Waals surface area (Å²) in [6.45, 7) is 1.72.